The fraction of sp³-hybridized carbons (Fsp3) is 0.208. The van der Waals surface area contributed by atoms with Crippen molar-refractivity contribution in [2.24, 2.45) is 0 Å². The monoisotopic (exact) mass is 579 g/mol. The van der Waals surface area contributed by atoms with E-state index in [-0.39, 0.29) is 4.90 Å². The summed E-state index contributed by atoms with van der Waals surface area (Å²) in [5.74, 6) is -0.557. The van der Waals surface area contributed by atoms with Crippen molar-refractivity contribution in [3.8, 4) is 0 Å². The summed E-state index contributed by atoms with van der Waals surface area (Å²) in [4.78, 5) is 13.0. The van der Waals surface area contributed by atoms with Gasteiger partial charge in [-0.05, 0) is 92.6 Å². The third kappa shape index (κ3) is 6.83. The second kappa shape index (κ2) is 10.4. The van der Waals surface area contributed by atoms with Crippen LogP contribution in [0.2, 0.25) is 0 Å². The number of benzene rings is 3. The number of rotatable bonds is 8. The maximum Gasteiger partial charge on any atom is 0.261 e. The van der Waals surface area contributed by atoms with Gasteiger partial charge in [0.2, 0.25) is 15.9 Å². The molecule has 0 saturated carbocycles. The maximum absolute atomic E-state index is 12.9. The zero-order valence-corrected chi connectivity index (χ0v) is 22.8. The number of anilines is 3. The molecule has 1 atom stereocenters. The quantitative estimate of drug-likeness (QED) is 0.403. The van der Waals surface area contributed by atoms with E-state index in [1.807, 2.05) is 19.9 Å². The van der Waals surface area contributed by atoms with Crippen molar-refractivity contribution in [3.05, 3.63) is 82.3 Å². The van der Waals surface area contributed by atoms with Gasteiger partial charge in [0.15, 0.2) is 0 Å². The molecule has 0 spiro atoms. The maximum atomic E-state index is 12.9. The molecular weight excluding hydrogens is 554 g/mol. The van der Waals surface area contributed by atoms with E-state index < -0.39 is 32.0 Å². The molecular formula is C24H26BrN3O5S2. The van der Waals surface area contributed by atoms with Gasteiger partial charge in [0.1, 0.15) is 6.04 Å². The van der Waals surface area contributed by atoms with E-state index in [9.17, 15) is 21.6 Å². The average molecular weight is 581 g/mol. The van der Waals surface area contributed by atoms with Crippen LogP contribution in [0.15, 0.2) is 76.1 Å². The van der Waals surface area contributed by atoms with Gasteiger partial charge in [-0.2, -0.15) is 0 Å². The fourth-order valence-electron chi connectivity index (χ4n) is 3.58. The smallest absolute Gasteiger partial charge is 0.261 e. The molecule has 0 bridgehead atoms. The van der Waals surface area contributed by atoms with Crippen LogP contribution in [0.5, 0.6) is 0 Å². The van der Waals surface area contributed by atoms with Gasteiger partial charge in [-0.15, -0.1) is 0 Å². The summed E-state index contributed by atoms with van der Waals surface area (Å²) in [5.41, 5.74) is 2.88. The minimum absolute atomic E-state index is 0.0134. The van der Waals surface area contributed by atoms with Gasteiger partial charge in [-0.3, -0.25) is 13.8 Å². The molecule has 0 saturated heterocycles. The van der Waals surface area contributed by atoms with Gasteiger partial charge in [0.05, 0.1) is 16.8 Å². The second-order valence-corrected chi connectivity index (χ2v) is 12.7. The number of amides is 1. The first-order valence-corrected chi connectivity index (χ1v) is 14.7. The number of halogens is 1. The predicted octanol–water partition coefficient (Wildman–Crippen LogP) is 4.66. The van der Waals surface area contributed by atoms with Gasteiger partial charge < -0.3 is 5.32 Å². The lowest BCUT2D eigenvalue weighted by Gasteiger charge is -2.28. The molecule has 0 aliphatic heterocycles. The molecule has 3 aromatic carbocycles. The largest absolute Gasteiger partial charge is 0.324 e. The highest BCUT2D eigenvalue weighted by molar-refractivity contribution is 9.10. The Labute approximate surface area is 214 Å². The van der Waals surface area contributed by atoms with Crippen LogP contribution in [0.1, 0.15) is 18.1 Å². The lowest BCUT2D eigenvalue weighted by Crippen LogP contribution is -2.45. The zero-order valence-electron chi connectivity index (χ0n) is 19.6. The highest BCUT2D eigenvalue weighted by atomic mass is 79.9. The molecule has 2 N–H and O–H groups in total. The molecule has 35 heavy (non-hydrogen) atoms. The van der Waals surface area contributed by atoms with Gasteiger partial charge in [-0.1, -0.05) is 22.0 Å². The van der Waals surface area contributed by atoms with Crippen LogP contribution < -0.4 is 14.3 Å². The summed E-state index contributed by atoms with van der Waals surface area (Å²) in [6.45, 7) is 5.20. The molecule has 0 aliphatic rings. The van der Waals surface area contributed by atoms with Crippen molar-refractivity contribution >= 4 is 58.9 Å². The predicted molar refractivity (Wildman–Crippen MR) is 143 cm³/mol. The Morgan fingerprint density at radius 2 is 1.37 bits per heavy atom. The summed E-state index contributed by atoms with van der Waals surface area (Å²) in [6, 6.07) is 16.6. The van der Waals surface area contributed by atoms with E-state index in [0.717, 1.165) is 26.2 Å². The van der Waals surface area contributed by atoms with Crippen molar-refractivity contribution in [3.63, 3.8) is 0 Å². The minimum Gasteiger partial charge on any atom is -0.324 e. The normalized spacial score (nSPS) is 12.6. The Morgan fingerprint density at radius 3 is 1.89 bits per heavy atom. The number of nitrogens with one attached hydrogen (secondary N) is 2. The average Bonchev–Trinajstić information content (AvgIpc) is 2.74. The summed E-state index contributed by atoms with van der Waals surface area (Å²) >= 11 is 3.30. The van der Waals surface area contributed by atoms with Crippen LogP contribution in [-0.4, -0.2) is 35.0 Å². The third-order valence-electron chi connectivity index (χ3n) is 5.08. The number of hydrogen-bond acceptors (Lipinski definition) is 5. The fourth-order valence-corrected chi connectivity index (χ4v) is 6.06. The van der Waals surface area contributed by atoms with Crippen LogP contribution in [0.25, 0.3) is 0 Å². The van der Waals surface area contributed by atoms with Gasteiger partial charge in [0, 0.05) is 15.8 Å². The number of hydrogen-bond donors (Lipinski definition) is 2. The number of carbonyl (C=O) groups is 1. The Kier molecular flexibility index (Phi) is 7.93. The van der Waals surface area contributed by atoms with Gasteiger partial charge in [0.25, 0.3) is 10.0 Å². The first-order chi connectivity index (χ1) is 16.3. The van der Waals surface area contributed by atoms with E-state index in [1.165, 1.54) is 31.2 Å². The highest BCUT2D eigenvalue weighted by Gasteiger charge is 2.29. The summed E-state index contributed by atoms with van der Waals surface area (Å²) < 4.78 is 54.8. The lowest BCUT2D eigenvalue weighted by atomic mass is 10.1. The number of carbonyl (C=O) groups excluding carboxylic acids is 1. The molecule has 0 radical (unpaired) electrons. The van der Waals surface area contributed by atoms with E-state index in [0.29, 0.717) is 17.1 Å². The van der Waals surface area contributed by atoms with E-state index in [2.05, 4.69) is 26.0 Å². The molecule has 8 nitrogen and oxygen atoms in total. The summed E-state index contributed by atoms with van der Waals surface area (Å²) in [7, 11) is -7.59. The van der Waals surface area contributed by atoms with Crippen molar-refractivity contribution in [1.82, 2.24) is 0 Å². The van der Waals surface area contributed by atoms with Gasteiger partial charge >= 0.3 is 0 Å². The Hall–Kier alpha value is -2.89. The molecule has 1 amide bonds. The second-order valence-electron chi connectivity index (χ2n) is 8.21. The van der Waals surface area contributed by atoms with E-state index in [1.54, 1.807) is 36.4 Å². The first-order valence-electron chi connectivity index (χ1n) is 10.5. The first kappa shape index (κ1) is 26.7. The van der Waals surface area contributed by atoms with E-state index in [4.69, 9.17) is 0 Å². The topological polar surface area (TPSA) is 113 Å². The van der Waals surface area contributed by atoms with Gasteiger partial charge in [-0.25, -0.2) is 16.8 Å². The lowest BCUT2D eigenvalue weighted by molar-refractivity contribution is -0.116. The van der Waals surface area contributed by atoms with Crippen LogP contribution in [-0.2, 0) is 24.8 Å². The Balaban J connectivity index is 1.78. The summed E-state index contributed by atoms with van der Waals surface area (Å²) in [6.07, 6.45) is 1.05. The highest BCUT2D eigenvalue weighted by Crippen LogP contribution is 2.25. The standard InChI is InChI=1S/C24H26BrN3O5S2/c1-16-13-17(2)15-22(14-16)28(34(4,30)31)18(3)24(29)26-20-9-11-23(12-10-20)35(32,33)27-21-7-5-19(25)6-8-21/h5-15,18,27H,1-4H3,(H,26,29)/t18-/m1/s1. The molecule has 186 valence electrons. The number of nitrogens with zero attached hydrogens (tertiary/aromatic N) is 1. The van der Waals surface area contributed by atoms with Crippen molar-refractivity contribution in [2.75, 3.05) is 20.6 Å². The molecule has 0 fully saturated rings. The van der Waals surface area contributed by atoms with Crippen LogP contribution in [0.3, 0.4) is 0 Å². The van der Waals surface area contributed by atoms with Crippen LogP contribution >= 0.6 is 15.9 Å². The molecule has 3 aromatic rings. The summed E-state index contributed by atoms with van der Waals surface area (Å²) in [5, 5.41) is 2.66. The van der Waals surface area contributed by atoms with Crippen molar-refractivity contribution in [1.29, 1.82) is 0 Å². The van der Waals surface area contributed by atoms with Crippen molar-refractivity contribution < 1.29 is 21.6 Å². The Bertz CT molecular complexity index is 1420. The number of sulfonamides is 2. The molecule has 3 rings (SSSR count). The third-order valence-corrected chi connectivity index (χ3v) is 8.25. The molecule has 0 heterocycles. The van der Waals surface area contributed by atoms with Crippen LogP contribution in [0, 0.1) is 13.8 Å². The van der Waals surface area contributed by atoms with E-state index >= 15 is 0 Å². The molecule has 0 unspecified atom stereocenters. The Morgan fingerprint density at radius 1 is 0.857 bits per heavy atom. The van der Waals surface area contributed by atoms with Crippen LogP contribution in [0.4, 0.5) is 17.1 Å². The molecule has 0 aliphatic carbocycles. The zero-order chi connectivity index (χ0) is 26.0. The number of aryl methyl sites for hydroxylation is 2. The molecule has 0 aromatic heterocycles. The SMILES string of the molecule is Cc1cc(C)cc(N([C@H](C)C(=O)Nc2ccc(S(=O)(=O)Nc3ccc(Br)cc3)cc2)S(C)(=O)=O)c1. The minimum atomic E-state index is -3.83. The molecule has 11 heteroatoms. The van der Waals surface area contributed by atoms with Crippen molar-refractivity contribution in [2.45, 2.75) is 31.7 Å².